The fourth-order valence-corrected chi connectivity index (χ4v) is 4.61. The molecule has 1 atom stereocenters. The van der Waals surface area contributed by atoms with E-state index in [0.29, 0.717) is 22.3 Å². The standard InChI is InChI=1S/C21H18ClF3N2O2S/c1-12-16(22)7-8-17-18(12)26-20(30-17)27(11-15-6-3-9-29-15)19(28)13-4-2-5-14(10-13)21(23,24)25/h2,4-5,7-8,10,15H,3,6,9,11H2,1H3. The molecule has 4 rings (SSSR count). The number of ether oxygens (including phenoxy) is 1. The number of nitrogens with zero attached hydrogens (tertiary/aromatic N) is 2. The van der Waals surface area contributed by atoms with Crippen molar-refractivity contribution in [2.75, 3.05) is 18.1 Å². The van der Waals surface area contributed by atoms with E-state index < -0.39 is 17.6 Å². The first-order valence-electron chi connectivity index (χ1n) is 9.40. The lowest BCUT2D eigenvalue weighted by Gasteiger charge is -2.23. The van der Waals surface area contributed by atoms with Crippen LogP contribution in [-0.4, -0.2) is 30.1 Å². The molecule has 1 saturated heterocycles. The third-order valence-corrected chi connectivity index (χ3v) is 6.51. The van der Waals surface area contributed by atoms with Crippen LogP contribution in [0.15, 0.2) is 36.4 Å². The first-order chi connectivity index (χ1) is 14.2. The highest BCUT2D eigenvalue weighted by molar-refractivity contribution is 7.22. The van der Waals surface area contributed by atoms with Gasteiger partial charge >= 0.3 is 6.18 Å². The lowest BCUT2D eigenvalue weighted by Crippen LogP contribution is -2.37. The summed E-state index contributed by atoms with van der Waals surface area (Å²) in [7, 11) is 0. The van der Waals surface area contributed by atoms with Crippen molar-refractivity contribution in [3.63, 3.8) is 0 Å². The summed E-state index contributed by atoms with van der Waals surface area (Å²) in [6.45, 7) is 2.67. The molecule has 0 spiro atoms. The highest BCUT2D eigenvalue weighted by Crippen LogP contribution is 2.35. The summed E-state index contributed by atoms with van der Waals surface area (Å²) in [5, 5.41) is 0.975. The van der Waals surface area contributed by atoms with Gasteiger partial charge in [-0.25, -0.2) is 4.98 Å². The van der Waals surface area contributed by atoms with Gasteiger partial charge < -0.3 is 4.74 Å². The summed E-state index contributed by atoms with van der Waals surface area (Å²) in [4.78, 5) is 19.3. The second-order valence-electron chi connectivity index (χ2n) is 7.14. The molecule has 0 saturated carbocycles. The lowest BCUT2D eigenvalue weighted by molar-refractivity contribution is -0.137. The molecule has 0 radical (unpaired) electrons. The monoisotopic (exact) mass is 454 g/mol. The van der Waals surface area contributed by atoms with Crippen molar-refractivity contribution < 1.29 is 22.7 Å². The SMILES string of the molecule is Cc1c(Cl)ccc2sc(N(CC3CCCO3)C(=O)c3cccc(C(F)(F)F)c3)nc12. The minimum Gasteiger partial charge on any atom is -0.376 e. The zero-order chi connectivity index (χ0) is 21.5. The third-order valence-electron chi connectivity index (χ3n) is 5.06. The van der Waals surface area contributed by atoms with Crippen LogP contribution in [0.25, 0.3) is 10.2 Å². The van der Waals surface area contributed by atoms with E-state index in [0.717, 1.165) is 35.2 Å². The fraction of sp³-hybridized carbons (Fsp3) is 0.333. The number of rotatable bonds is 4. The number of aryl methyl sites for hydroxylation is 1. The Balaban J connectivity index is 1.75. The quantitative estimate of drug-likeness (QED) is 0.478. The van der Waals surface area contributed by atoms with E-state index in [1.165, 1.54) is 28.4 Å². The summed E-state index contributed by atoms with van der Waals surface area (Å²) >= 11 is 7.49. The van der Waals surface area contributed by atoms with Crippen LogP contribution in [-0.2, 0) is 10.9 Å². The van der Waals surface area contributed by atoms with Crippen LogP contribution >= 0.6 is 22.9 Å². The van der Waals surface area contributed by atoms with Crippen LogP contribution in [0.3, 0.4) is 0 Å². The molecule has 158 valence electrons. The van der Waals surface area contributed by atoms with Crippen LogP contribution in [0.1, 0.15) is 34.3 Å². The zero-order valence-corrected chi connectivity index (χ0v) is 17.6. The number of anilines is 1. The number of halogens is 4. The molecule has 30 heavy (non-hydrogen) atoms. The Morgan fingerprint density at radius 3 is 2.83 bits per heavy atom. The number of hydrogen-bond donors (Lipinski definition) is 0. The highest BCUT2D eigenvalue weighted by Gasteiger charge is 2.32. The summed E-state index contributed by atoms with van der Waals surface area (Å²) in [5.41, 5.74) is 0.561. The fourth-order valence-electron chi connectivity index (χ4n) is 3.43. The molecule has 3 aromatic rings. The third kappa shape index (κ3) is 4.17. The molecular formula is C21H18ClF3N2O2S. The largest absolute Gasteiger partial charge is 0.416 e. The summed E-state index contributed by atoms with van der Waals surface area (Å²) in [5.74, 6) is -0.542. The molecule has 0 N–H and O–H groups in total. The number of amides is 1. The second-order valence-corrected chi connectivity index (χ2v) is 8.56. The molecule has 1 aliphatic rings. The van der Waals surface area contributed by atoms with Crippen molar-refractivity contribution in [1.29, 1.82) is 0 Å². The average molecular weight is 455 g/mol. The van der Waals surface area contributed by atoms with Crippen molar-refractivity contribution in [3.05, 3.63) is 58.1 Å². The van der Waals surface area contributed by atoms with Gasteiger partial charge in [0, 0.05) is 17.2 Å². The minimum atomic E-state index is -4.53. The molecule has 1 aliphatic heterocycles. The Morgan fingerprint density at radius 2 is 2.13 bits per heavy atom. The molecule has 4 nitrogen and oxygen atoms in total. The van der Waals surface area contributed by atoms with E-state index >= 15 is 0 Å². The number of carbonyl (C=O) groups is 1. The molecule has 1 unspecified atom stereocenters. The number of alkyl halides is 3. The maximum atomic E-state index is 13.3. The van der Waals surface area contributed by atoms with Gasteiger partial charge in [0.15, 0.2) is 5.13 Å². The Hall–Kier alpha value is -2.16. The highest BCUT2D eigenvalue weighted by atomic mass is 35.5. The maximum Gasteiger partial charge on any atom is 0.416 e. The topological polar surface area (TPSA) is 42.4 Å². The Morgan fingerprint density at radius 1 is 1.33 bits per heavy atom. The van der Waals surface area contributed by atoms with E-state index in [1.54, 1.807) is 6.07 Å². The smallest absolute Gasteiger partial charge is 0.376 e. The van der Waals surface area contributed by atoms with Gasteiger partial charge in [0.05, 0.1) is 28.4 Å². The number of carbonyl (C=O) groups excluding carboxylic acids is 1. The van der Waals surface area contributed by atoms with Crippen molar-refractivity contribution in [2.45, 2.75) is 32.0 Å². The van der Waals surface area contributed by atoms with Gasteiger partial charge in [0.25, 0.3) is 5.91 Å². The summed E-state index contributed by atoms with van der Waals surface area (Å²) < 4.78 is 45.9. The Labute approximate surface area is 180 Å². The van der Waals surface area contributed by atoms with Crippen molar-refractivity contribution in [1.82, 2.24) is 4.98 Å². The molecule has 0 bridgehead atoms. The molecule has 1 fully saturated rings. The first-order valence-corrected chi connectivity index (χ1v) is 10.6. The van der Waals surface area contributed by atoms with E-state index in [1.807, 2.05) is 13.0 Å². The normalized spacial score (nSPS) is 16.9. The molecule has 0 aliphatic carbocycles. The van der Waals surface area contributed by atoms with E-state index in [2.05, 4.69) is 4.98 Å². The summed E-state index contributed by atoms with van der Waals surface area (Å²) in [6, 6.07) is 8.04. The predicted octanol–water partition coefficient (Wildman–Crippen LogP) is 6.10. The van der Waals surface area contributed by atoms with Crippen molar-refractivity contribution >= 4 is 44.2 Å². The first kappa shape index (κ1) is 21.1. The van der Waals surface area contributed by atoms with Gasteiger partial charge in [-0.3, -0.25) is 9.69 Å². The second kappa shape index (κ2) is 8.17. The Bertz CT molecular complexity index is 1090. The van der Waals surface area contributed by atoms with Crippen molar-refractivity contribution in [2.24, 2.45) is 0 Å². The van der Waals surface area contributed by atoms with Gasteiger partial charge in [0.2, 0.25) is 0 Å². The number of fused-ring (bicyclic) bond motifs is 1. The Kier molecular flexibility index (Phi) is 5.74. The number of thiazole rings is 1. The van der Waals surface area contributed by atoms with E-state index in [-0.39, 0.29) is 18.2 Å². The molecule has 1 amide bonds. The van der Waals surface area contributed by atoms with E-state index in [4.69, 9.17) is 16.3 Å². The van der Waals surface area contributed by atoms with Crippen LogP contribution in [0, 0.1) is 6.92 Å². The van der Waals surface area contributed by atoms with Crippen molar-refractivity contribution in [3.8, 4) is 0 Å². The number of aromatic nitrogens is 1. The molecule has 9 heteroatoms. The number of benzene rings is 2. The van der Waals surface area contributed by atoms with Crippen LogP contribution in [0.4, 0.5) is 18.3 Å². The van der Waals surface area contributed by atoms with E-state index in [9.17, 15) is 18.0 Å². The van der Waals surface area contributed by atoms with Gasteiger partial charge in [0.1, 0.15) is 0 Å². The van der Waals surface area contributed by atoms with Crippen LogP contribution < -0.4 is 4.90 Å². The van der Waals surface area contributed by atoms with Gasteiger partial charge in [-0.05, 0) is 55.7 Å². The van der Waals surface area contributed by atoms with Crippen LogP contribution in [0.2, 0.25) is 5.02 Å². The lowest BCUT2D eigenvalue weighted by atomic mass is 10.1. The van der Waals surface area contributed by atoms with Crippen LogP contribution in [0.5, 0.6) is 0 Å². The number of hydrogen-bond acceptors (Lipinski definition) is 4. The molecule has 2 heterocycles. The minimum absolute atomic E-state index is 0.0446. The zero-order valence-electron chi connectivity index (χ0n) is 16.0. The van der Waals surface area contributed by atoms with Gasteiger partial charge in [-0.15, -0.1) is 0 Å². The maximum absolute atomic E-state index is 13.3. The van der Waals surface area contributed by atoms with Gasteiger partial charge in [-0.1, -0.05) is 29.0 Å². The average Bonchev–Trinajstić information content (AvgIpc) is 3.38. The summed E-state index contributed by atoms with van der Waals surface area (Å²) in [6.07, 6.45) is -3.05. The molecular weight excluding hydrogens is 437 g/mol. The predicted molar refractivity (Wildman–Crippen MR) is 111 cm³/mol. The molecule has 1 aromatic heterocycles. The van der Waals surface area contributed by atoms with Gasteiger partial charge in [-0.2, -0.15) is 13.2 Å². The molecule has 2 aromatic carbocycles.